The number of carbonyl (C=O) groups is 3. The van der Waals surface area contributed by atoms with Crippen LogP contribution in [-0.2, 0) is 28.6 Å². The van der Waals surface area contributed by atoms with Crippen LogP contribution in [0.1, 0.15) is 34.6 Å². The normalized spacial score (nSPS) is 16.1. The second kappa shape index (κ2) is 12.4. The minimum absolute atomic E-state index is 0.516. The van der Waals surface area contributed by atoms with Gasteiger partial charge in [-0.25, -0.2) is 0 Å². The number of hydrogen-bond donors (Lipinski definition) is 1. The van der Waals surface area contributed by atoms with Crippen LogP contribution in [0, 0.1) is 0 Å². The second-order valence-electron chi connectivity index (χ2n) is 5.49. The van der Waals surface area contributed by atoms with E-state index in [1.165, 1.54) is 23.5 Å². The van der Waals surface area contributed by atoms with Gasteiger partial charge in [0.1, 0.15) is 0 Å². The highest BCUT2D eigenvalue weighted by Crippen LogP contribution is 2.35. The zero-order valence-corrected chi connectivity index (χ0v) is 17.8. The van der Waals surface area contributed by atoms with Crippen molar-refractivity contribution in [3.05, 3.63) is 0 Å². The molecule has 0 aliphatic rings. The largest absolute Gasteiger partial charge is 0.456 e. The summed E-state index contributed by atoms with van der Waals surface area (Å²) in [6, 6.07) is 0. The Morgan fingerprint density at radius 3 is 1.50 bits per heavy atom. The highest BCUT2D eigenvalue weighted by atomic mass is 32.2. The average molecular weight is 450 g/mol. The summed E-state index contributed by atoms with van der Waals surface area (Å²) < 4.78 is 53.7. The standard InChI is InChI=1S/C16H25F3O7S2/c1-6-27-15(28-7-2)13(26-10(5)22)11(24-8(3)20)12(25-9(4)21)14(23)16(17,18)19/h11-15,23H,6-7H2,1-5H3. The van der Waals surface area contributed by atoms with Crippen molar-refractivity contribution in [3.63, 3.8) is 0 Å². The van der Waals surface area contributed by atoms with Crippen LogP contribution in [0.25, 0.3) is 0 Å². The number of halogens is 3. The van der Waals surface area contributed by atoms with Crippen molar-refractivity contribution in [2.75, 3.05) is 11.5 Å². The number of aliphatic hydroxyl groups excluding tert-OH is 1. The molecule has 7 nitrogen and oxygen atoms in total. The molecule has 28 heavy (non-hydrogen) atoms. The molecule has 0 bridgehead atoms. The Morgan fingerprint density at radius 2 is 1.18 bits per heavy atom. The van der Waals surface area contributed by atoms with E-state index in [2.05, 4.69) is 4.74 Å². The number of rotatable bonds is 11. The van der Waals surface area contributed by atoms with Crippen LogP contribution in [0.2, 0.25) is 0 Å². The summed E-state index contributed by atoms with van der Waals surface area (Å²) in [6.07, 6.45) is -13.9. The summed E-state index contributed by atoms with van der Waals surface area (Å²) in [4.78, 5) is 34.5. The third-order valence-electron chi connectivity index (χ3n) is 3.13. The van der Waals surface area contributed by atoms with Crippen LogP contribution in [0.5, 0.6) is 0 Å². The first-order valence-electron chi connectivity index (χ1n) is 8.34. The first-order valence-corrected chi connectivity index (χ1v) is 10.4. The molecule has 12 heteroatoms. The van der Waals surface area contributed by atoms with Gasteiger partial charge in [-0.2, -0.15) is 13.2 Å². The number of hydrogen-bond acceptors (Lipinski definition) is 9. The van der Waals surface area contributed by atoms with E-state index in [-0.39, 0.29) is 0 Å². The number of ether oxygens (including phenoxy) is 3. The van der Waals surface area contributed by atoms with Gasteiger partial charge in [-0.3, -0.25) is 14.4 Å². The van der Waals surface area contributed by atoms with Crippen molar-refractivity contribution in [1.29, 1.82) is 0 Å². The maximum absolute atomic E-state index is 13.2. The van der Waals surface area contributed by atoms with Crippen LogP contribution in [0.4, 0.5) is 13.2 Å². The van der Waals surface area contributed by atoms with Gasteiger partial charge >= 0.3 is 24.1 Å². The molecule has 0 amide bonds. The van der Waals surface area contributed by atoms with Gasteiger partial charge in [-0.1, -0.05) is 13.8 Å². The van der Waals surface area contributed by atoms with Crippen molar-refractivity contribution in [2.45, 2.75) is 69.8 Å². The minimum atomic E-state index is -5.18. The number of aliphatic hydroxyl groups is 1. The van der Waals surface area contributed by atoms with Gasteiger partial charge in [0.15, 0.2) is 24.4 Å². The fraction of sp³-hybridized carbons (Fsp3) is 0.812. The molecule has 0 heterocycles. The van der Waals surface area contributed by atoms with Gasteiger partial charge in [-0.15, -0.1) is 23.5 Å². The van der Waals surface area contributed by atoms with Crippen molar-refractivity contribution < 1.29 is 46.9 Å². The molecule has 4 atom stereocenters. The average Bonchev–Trinajstić information content (AvgIpc) is 2.53. The van der Waals surface area contributed by atoms with E-state index in [0.717, 1.165) is 20.8 Å². The monoisotopic (exact) mass is 450 g/mol. The molecule has 0 aromatic carbocycles. The highest BCUT2D eigenvalue weighted by molar-refractivity contribution is 8.17. The van der Waals surface area contributed by atoms with Gasteiger partial charge in [0.2, 0.25) is 0 Å². The summed E-state index contributed by atoms with van der Waals surface area (Å²) in [5.74, 6) is -1.92. The van der Waals surface area contributed by atoms with Crippen LogP contribution in [0.3, 0.4) is 0 Å². The third-order valence-corrected chi connectivity index (χ3v) is 5.81. The van der Waals surface area contributed by atoms with E-state index >= 15 is 0 Å². The van der Waals surface area contributed by atoms with E-state index in [4.69, 9.17) is 9.47 Å². The molecule has 0 radical (unpaired) electrons. The fourth-order valence-electron chi connectivity index (χ4n) is 2.24. The maximum atomic E-state index is 13.2. The molecule has 0 aliphatic heterocycles. The zero-order valence-electron chi connectivity index (χ0n) is 16.1. The molecule has 164 valence electrons. The lowest BCUT2D eigenvalue weighted by atomic mass is 10.0. The van der Waals surface area contributed by atoms with Crippen LogP contribution < -0.4 is 0 Å². The van der Waals surface area contributed by atoms with Crippen molar-refractivity contribution in [2.24, 2.45) is 0 Å². The molecule has 0 aliphatic carbocycles. The summed E-state index contributed by atoms with van der Waals surface area (Å²) in [6.45, 7) is 6.41. The Labute approximate surface area is 170 Å². The Bertz CT molecular complexity index is 525. The lowest BCUT2D eigenvalue weighted by Crippen LogP contribution is -2.56. The predicted molar refractivity (Wildman–Crippen MR) is 98.8 cm³/mol. The Balaban J connectivity index is 6.28. The molecule has 0 fully saturated rings. The molecule has 0 aromatic heterocycles. The van der Waals surface area contributed by atoms with E-state index < -0.39 is 53.1 Å². The molecular weight excluding hydrogens is 425 g/mol. The van der Waals surface area contributed by atoms with Crippen LogP contribution >= 0.6 is 23.5 Å². The van der Waals surface area contributed by atoms with Gasteiger partial charge in [0, 0.05) is 20.8 Å². The first kappa shape index (κ1) is 26.9. The van der Waals surface area contributed by atoms with Crippen molar-refractivity contribution in [1.82, 2.24) is 0 Å². The lowest BCUT2D eigenvalue weighted by molar-refractivity contribution is -0.255. The Morgan fingerprint density at radius 1 is 0.821 bits per heavy atom. The number of thioether (sulfide) groups is 2. The van der Waals surface area contributed by atoms with Gasteiger partial charge < -0.3 is 19.3 Å². The predicted octanol–water partition coefficient (Wildman–Crippen LogP) is 2.54. The van der Waals surface area contributed by atoms with Crippen molar-refractivity contribution >= 4 is 41.4 Å². The number of carbonyl (C=O) groups excluding carboxylic acids is 3. The molecule has 4 unspecified atom stereocenters. The van der Waals surface area contributed by atoms with E-state index in [9.17, 15) is 32.7 Å². The summed E-state index contributed by atoms with van der Waals surface area (Å²) in [5, 5.41) is 9.75. The third kappa shape index (κ3) is 9.37. The number of esters is 3. The molecule has 0 rings (SSSR count). The minimum Gasteiger partial charge on any atom is -0.456 e. The lowest BCUT2D eigenvalue weighted by Gasteiger charge is -2.37. The summed E-state index contributed by atoms with van der Waals surface area (Å²) in [7, 11) is 0. The van der Waals surface area contributed by atoms with Crippen LogP contribution in [-0.4, -0.2) is 69.7 Å². The first-order chi connectivity index (χ1) is 12.8. The molecule has 0 saturated carbocycles. The quantitative estimate of drug-likeness (QED) is 0.289. The second-order valence-corrected chi connectivity index (χ2v) is 8.62. The SMILES string of the molecule is CCSC(SCC)C(OC(C)=O)C(OC(C)=O)C(OC(C)=O)C(O)C(F)(F)F. The van der Waals surface area contributed by atoms with E-state index in [0.29, 0.717) is 11.5 Å². The van der Waals surface area contributed by atoms with Gasteiger partial charge in [0.05, 0.1) is 4.58 Å². The maximum Gasteiger partial charge on any atom is 0.418 e. The molecule has 1 N–H and O–H groups in total. The molecule has 0 spiro atoms. The summed E-state index contributed by atoms with van der Waals surface area (Å²) >= 11 is 2.51. The topological polar surface area (TPSA) is 99.1 Å². The van der Waals surface area contributed by atoms with Crippen molar-refractivity contribution in [3.8, 4) is 0 Å². The molecule has 0 aromatic rings. The number of alkyl halides is 3. The molecule has 0 saturated heterocycles. The van der Waals surface area contributed by atoms with Gasteiger partial charge in [-0.05, 0) is 11.5 Å². The van der Waals surface area contributed by atoms with Crippen LogP contribution in [0.15, 0.2) is 0 Å². The van der Waals surface area contributed by atoms with Gasteiger partial charge in [0.25, 0.3) is 0 Å². The fourth-order valence-corrected chi connectivity index (χ4v) is 4.90. The van der Waals surface area contributed by atoms with E-state index in [1.54, 1.807) is 13.8 Å². The Kier molecular flexibility index (Phi) is 11.9. The zero-order chi connectivity index (χ0) is 22.1. The smallest absolute Gasteiger partial charge is 0.418 e. The Hall–Kier alpha value is -1.14. The highest BCUT2D eigenvalue weighted by Gasteiger charge is 2.53. The molecular formula is C16H25F3O7S2. The summed E-state index contributed by atoms with van der Waals surface area (Å²) in [5.41, 5.74) is 0. The van der Waals surface area contributed by atoms with E-state index in [1.807, 2.05) is 0 Å².